The van der Waals surface area contributed by atoms with Crippen molar-refractivity contribution >= 4 is 21.9 Å². The van der Waals surface area contributed by atoms with E-state index in [2.05, 4.69) is 48.9 Å². The summed E-state index contributed by atoms with van der Waals surface area (Å²) in [5.41, 5.74) is 1.44. The Morgan fingerprint density at radius 2 is 2.05 bits per heavy atom. The van der Waals surface area contributed by atoms with Crippen molar-refractivity contribution in [2.45, 2.75) is 27.2 Å². The highest BCUT2D eigenvalue weighted by Gasteiger charge is 2.50. The van der Waals surface area contributed by atoms with Gasteiger partial charge < -0.3 is 4.74 Å². The van der Waals surface area contributed by atoms with E-state index in [1.165, 1.54) is 10.1 Å². The van der Waals surface area contributed by atoms with Crippen LogP contribution >= 0.6 is 15.9 Å². The predicted molar refractivity (Wildman–Crippen MR) is 78.6 cm³/mol. The van der Waals surface area contributed by atoms with Crippen LogP contribution in [0, 0.1) is 35.5 Å². The highest BCUT2D eigenvalue weighted by molar-refractivity contribution is 9.11. The van der Waals surface area contributed by atoms with Gasteiger partial charge >= 0.3 is 5.97 Å². The van der Waals surface area contributed by atoms with Crippen LogP contribution < -0.4 is 0 Å². The summed E-state index contributed by atoms with van der Waals surface area (Å²) in [6.07, 6.45) is 5.70. The lowest BCUT2D eigenvalue weighted by Crippen LogP contribution is -2.48. The van der Waals surface area contributed by atoms with Gasteiger partial charge in [0.05, 0.1) is 12.5 Å². The molecule has 0 unspecified atom stereocenters. The fourth-order valence-corrected chi connectivity index (χ4v) is 5.03. The van der Waals surface area contributed by atoms with Crippen LogP contribution in [0.1, 0.15) is 27.2 Å². The first kappa shape index (κ1) is 13.4. The SMILES string of the molecule is CC1=C[C@@H](C)[C@H]2[C@@H]3C(=O)OC[C@@H](C)[C@@H]3C=C(Br)[C@@H]2C1. The molecule has 1 aliphatic heterocycles. The minimum absolute atomic E-state index is 0.0224. The van der Waals surface area contributed by atoms with Crippen LogP contribution in [0.3, 0.4) is 0 Å². The van der Waals surface area contributed by atoms with Gasteiger partial charge in [-0.15, -0.1) is 0 Å². The molecule has 1 saturated heterocycles. The Kier molecular flexibility index (Phi) is 3.36. The van der Waals surface area contributed by atoms with Crippen LogP contribution in [0.15, 0.2) is 22.2 Å². The lowest BCUT2D eigenvalue weighted by Gasteiger charge is -2.48. The number of carbonyl (C=O) groups is 1. The maximum absolute atomic E-state index is 12.3. The molecule has 6 atom stereocenters. The van der Waals surface area contributed by atoms with Gasteiger partial charge in [-0.3, -0.25) is 4.79 Å². The van der Waals surface area contributed by atoms with Crippen molar-refractivity contribution < 1.29 is 9.53 Å². The summed E-state index contributed by atoms with van der Waals surface area (Å²) in [6, 6.07) is 0. The van der Waals surface area contributed by atoms with Gasteiger partial charge in [-0.1, -0.05) is 47.5 Å². The number of fused-ring (bicyclic) bond motifs is 3. The number of allylic oxidation sites excluding steroid dienone is 4. The standard InChI is InChI=1S/C16H21BrO2/c1-8-4-9(2)14-12(5-8)13(17)6-11-10(3)7-19-16(18)15(11)14/h4,6,9-12,14-15H,5,7H2,1-3H3/t9-,10-,11+,12+,14-,15-/m1/s1. The van der Waals surface area contributed by atoms with E-state index in [0.29, 0.717) is 36.2 Å². The topological polar surface area (TPSA) is 26.3 Å². The Morgan fingerprint density at radius 3 is 2.79 bits per heavy atom. The molecule has 3 heteroatoms. The van der Waals surface area contributed by atoms with Crippen molar-refractivity contribution in [2.75, 3.05) is 6.61 Å². The third-order valence-electron chi connectivity index (χ3n) is 5.11. The van der Waals surface area contributed by atoms with Gasteiger partial charge in [0.25, 0.3) is 0 Å². The van der Waals surface area contributed by atoms with E-state index in [-0.39, 0.29) is 11.9 Å². The third-order valence-corrected chi connectivity index (χ3v) is 5.97. The number of rotatable bonds is 0. The van der Waals surface area contributed by atoms with E-state index in [9.17, 15) is 4.79 Å². The third kappa shape index (κ3) is 2.10. The number of esters is 1. The van der Waals surface area contributed by atoms with E-state index in [1.807, 2.05) is 0 Å². The van der Waals surface area contributed by atoms with Gasteiger partial charge in [0.1, 0.15) is 0 Å². The van der Waals surface area contributed by atoms with Crippen molar-refractivity contribution in [3.8, 4) is 0 Å². The molecule has 3 aliphatic rings. The zero-order valence-electron chi connectivity index (χ0n) is 11.7. The highest BCUT2D eigenvalue weighted by Crippen LogP contribution is 2.52. The molecule has 104 valence electrons. The van der Waals surface area contributed by atoms with Crippen molar-refractivity contribution in [1.82, 2.24) is 0 Å². The predicted octanol–water partition coefficient (Wildman–Crippen LogP) is 3.92. The first-order valence-electron chi connectivity index (χ1n) is 7.20. The summed E-state index contributed by atoms with van der Waals surface area (Å²) < 4.78 is 6.72. The van der Waals surface area contributed by atoms with Crippen molar-refractivity contribution in [1.29, 1.82) is 0 Å². The van der Waals surface area contributed by atoms with Gasteiger partial charge in [-0.2, -0.15) is 0 Å². The largest absolute Gasteiger partial charge is 0.465 e. The molecule has 0 spiro atoms. The fraction of sp³-hybridized carbons (Fsp3) is 0.688. The van der Waals surface area contributed by atoms with Gasteiger partial charge in [-0.25, -0.2) is 0 Å². The molecule has 2 aliphatic carbocycles. The van der Waals surface area contributed by atoms with Crippen LogP contribution in [0.25, 0.3) is 0 Å². The molecule has 0 radical (unpaired) electrons. The van der Waals surface area contributed by atoms with Crippen LogP contribution in [-0.4, -0.2) is 12.6 Å². The second-order valence-electron chi connectivity index (χ2n) is 6.52. The number of hydrogen-bond donors (Lipinski definition) is 0. The Balaban J connectivity index is 2.04. The molecule has 0 aromatic heterocycles. The summed E-state index contributed by atoms with van der Waals surface area (Å²) in [5, 5.41) is 0. The van der Waals surface area contributed by atoms with Gasteiger partial charge in [0.15, 0.2) is 0 Å². The normalized spacial score (nSPS) is 45.6. The minimum atomic E-state index is 0.0224. The molecule has 3 rings (SSSR count). The van der Waals surface area contributed by atoms with Crippen LogP contribution in [0.2, 0.25) is 0 Å². The summed E-state index contributed by atoms with van der Waals surface area (Å²) in [7, 11) is 0. The molecule has 0 aromatic carbocycles. The van der Waals surface area contributed by atoms with Crippen molar-refractivity contribution in [3.63, 3.8) is 0 Å². The number of hydrogen-bond acceptors (Lipinski definition) is 2. The van der Waals surface area contributed by atoms with Crippen molar-refractivity contribution in [2.24, 2.45) is 35.5 Å². The average molecular weight is 325 g/mol. The van der Waals surface area contributed by atoms with E-state index >= 15 is 0 Å². The molecule has 2 nitrogen and oxygen atoms in total. The molecule has 0 saturated carbocycles. The van der Waals surface area contributed by atoms with Crippen LogP contribution in [0.5, 0.6) is 0 Å². The molecule has 0 N–H and O–H groups in total. The smallest absolute Gasteiger partial charge is 0.309 e. The van der Waals surface area contributed by atoms with E-state index < -0.39 is 0 Å². The number of ether oxygens (including phenoxy) is 1. The Hall–Kier alpha value is -0.570. The summed E-state index contributed by atoms with van der Waals surface area (Å²) in [6.45, 7) is 7.20. The van der Waals surface area contributed by atoms with Crippen LogP contribution in [0.4, 0.5) is 0 Å². The average Bonchev–Trinajstić information content (AvgIpc) is 2.34. The maximum Gasteiger partial charge on any atom is 0.309 e. The monoisotopic (exact) mass is 324 g/mol. The second-order valence-corrected chi connectivity index (χ2v) is 7.44. The van der Waals surface area contributed by atoms with Crippen molar-refractivity contribution in [3.05, 3.63) is 22.2 Å². The number of carbonyl (C=O) groups excluding carboxylic acids is 1. The second kappa shape index (κ2) is 4.76. The molecular weight excluding hydrogens is 304 g/mol. The highest BCUT2D eigenvalue weighted by atomic mass is 79.9. The summed E-state index contributed by atoms with van der Waals surface area (Å²) in [5.74, 6) is 2.14. The molecule has 1 fully saturated rings. The zero-order chi connectivity index (χ0) is 13.7. The minimum Gasteiger partial charge on any atom is -0.465 e. The zero-order valence-corrected chi connectivity index (χ0v) is 13.3. The van der Waals surface area contributed by atoms with Gasteiger partial charge in [-0.05, 0) is 47.4 Å². The molecule has 0 amide bonds. The quantitative estimate of drug-likeness (QED) is 0.498. The number of cyclic esters (lactones) is 1. The Labute approximate surface area is 123 Å². The maximum atomic E-state index is 12.3. The van der Waals surface area contributed by atoms with Gasteiger partial charge in [0, 0.05) is 0 Å². The fourth-order valence-electron chi connectivity index (χ4n) is 4.26. The lowest BCUT2D eigenvalue weighted by molar-refractivity contribution is -0.165. The summed E-state index contributed by atoms with van der Waals surface area (Å²) >= 11 is 3.78. The Bertz CT molecular complexity index is 465. The summed E-state index contributed by atoms with van der Waals surface area (Å²) in [4.78, 5) is 12.3. The van der Waals surface area contributed by atoms with E-state index in [4.69, 9.17) is 4.74 Å². The molecule has 0 bridgehead atoms. The molecule has 19 heavy (non-hydrogen) atoms. The molecule has 0 aromatic rings. The first-order chi connectivity index (χ1) is 8.99. The lowest BCUT2D eigenvalue weighted by atomic mass is 9.59. The Morgan fingerprint density at radius 1 is 1.32 bits per heavy atom. The van der Waals surface area contributed by atoms with E-state index in [0.717, 1.165) is 6.42 Å². The van der Waals surface area contributed by atoms with E-state index in [1.54, 1.807) is 0 Å². The van der Waals surface area contributed by atoms with Crippen LogP contribution in [-0.2, 0) is 9.53 Å². The molecule has 1 heterocycles. The number of halogens is 1. The van der Waals surface area contributed by atoms with Gasteiger partial charge in [0.2, 0.25) is 0 Å². The first-order valence-corrected chi connectivity index (χ1v) is 7.99. The molecular formula is C16H21BrO2.